The van der Waals surface area contributed by atoms with Gasteiger partial charge in [0.05, 0.1) is 6.61 Å². The Morgan fingerprint density at radius 1 is 1.55 bits per heavy atom. The molecule has 1 heterocycles. The number of rotatable bonds is 2. The van der Waals surface area contributed by atoms with Crippen LogP contribution in [0.4, 0.5) is 0 Å². The molecule has 1 aliphatic heterocycles. The number of hydrogen-bond acceptors (Lipinski definition) is 1. The van der Waals surface area contributed by atoms with Crippen LogP contribution in [0.15, 0.2) is 0 Å². The minimum Gasteiger partial charge on any atom is -0.381 e. The zero-order chi connectivity index (χ0) is 8.27. The van der Waals surface area contributed by atoms with Gasteiger partial charge in [-0.3, -0.25) is 0 Å². The van der Waals surface area contributed by atoms with Crippen molar-refractivity contribution in [3.05, 3.63) is 0 Å². The van der Waals surface area contributed by atoms with Crippen LogP contribution >= 0.6 is 15.9 Å². The van der Waals surface area contributed by atoms with Crippen molar-refractivity contribution in [1.82, 2.24) is 0 Å². The third kappa shape index (κ3) is 3.12. The highest BCUT2D eigenvalue weighted by molar-refractivity contribution is 9.09. The van der Waals surface area contributed by atoms with Crippen LogP contribution in [-0.2, 0) is 4.74 Å². The Bertz CT molecular complexity index is 114. The molecular formula is C9H17BrO. The van der Waals surface area contributed by atoms with E-state index in [0.29, 0.717) is 4.83 Å². The fourth-order valence-electron chi connectivity index (χ4n) is 1.59. The Labute approximate surface area is 77.6 Å². The molecule has 0 bridgehead atoms. The molecule has 2 unspecified atom stereocenters. The largest absolute Gasteiger partial charge is 0.381 e. The number of alkyl halides is 1. The SMILES string of the molecule is CC(C)CC1COCCC1Br. The van der Waals surface area contributed by atoms with E-state index in [1.54, 1.807) is 0 Å². The Morgan fingerprint density at radius 2 is 2.27 bits per heavy atom. The first kappa shape index (κ1) is 9.53. The van der Waals surface area contributed by atoms with Crippen molar-refractivity contribution >= 4 is 15.9 Å². The maximum atomic E-state index is 5.42. The zero-order valence-electron chi connectivity index (χ0n) is 7.35. The van der Waals surface area contributed by atoms with Gasteiger partial charge < -0.3 is 4.74 Å². The molecule has 1 fully saturated rings. The molecule has 0 amide bonds. The van der Waals surface area contributed by atoms with Gasteiger partial charge in [0.1, 0.15) is 0 Å². The molecule has 0 aromatic rings. The summed E-state index contributed by atoms with van der Waals surface area (Å²) >= 11 is 3.70. The molecule has 1 saturated heterocycles. The van der Waals surface area contributed by atoms with Crippen LogP contribution < -0.4 is 0 Å². The molecule has 11 heavy (non-hydrogen) atoms. The van der Waals surface area contributed by atoms with Gasteiger partial charge in [0.15, 0.2) is 0 Å². The maximum Gasteiger partial charge on any atom is 0.0505 e. The molecule has 0 aromatic heterocycles. The average molecular weight is 221 g/mol. The topological polar surface area (TPSA) is 9.23 Å². The molecule has 2 heteroatoms. The lowest BCUT2D eigenvalue weighted by molar-refractivity contribution is 0.0527. The lowest BCUT2D eigenvalue weighted by Gasteiger charge is -2.28. The van der Waals surface area contributed by atoms with E-state index in [2.05, 4.69) is 29.8 Å². The Kier molecular flexibility index (Phi) is 3.86. The van der Waals surface area contributed by atoms with E-state index < -0.39 is 0 Å². The zero-order valence-corrected chi connectivity index (χ0v) is 8.93. The normalized spacial score (nSPS) is 32.7. The van der Waals surface area contributed by atoms with Crippen LogP contribution in [0.2, 0.25) is 0 Å². The molecule has 0 radical (unpaired) electrons. The summed E-state index contributed by atoms with van der Waals surface area (Å²) in [6.07, 6.45) is 2.47. The van der Waals surface area contributed by atoms with Crippen molar-refractivity contribution in [3.8, 4) is 0 Å². The van der Waals surface area contributed by atoms with Gasteiger partial charge in [-0.15, -0.1) is 0 Å². The minimum atomic E-state index is 0.693. The first-order valence-corrected chi connectivity index (χ1v) is 5.33. The van der Waals surface area contributed by atoms with Gasteiger partial charge in [0.25, 0.3) is 0 Å². The van der Waals surface area contributed by atoms with E-state index >= 15 is 0 Å². The molecule has 1 rings (SSSR count). The molecule has 2 atom stereocenters. The van der Waals surface area contributed by atoms with Crippen molar-refractivity contribution in [1.29, 1.82) is 0 Å². The van der Waals surface area contributed by atoms with E-state index in [-0.39, 0.29) is 0 Å². The first-order valence-electron chi connectivity index (χ1n) is 4.42. The summed E-state index contributed by atoms with van der Waals surface area (Å²) in [5, 5.41) is 0. The summed E-state index contributed by atoms with van der Waals surface area (Å²) in [6.45, 7) is 6.43. The van der Waals surface area contributed by atoms with Crippen LogP contribution in [0.1, 0.15) is 26.7 Å². The van der Waals surface area contributed by atoms with Gasteiger partial charge in [-0.05, 0) is 24.7 Å². The molecule has 0 saturated carbocycles. The summed E-state index contributed by atoms with van der Waals surface area (Å²) in [6, 6.07) is 0. The predicted octanol–water partition coefficient (Wildman–Crippen LogP) is 2.83. The highest BCUT2D eigenvalue weighted by Crippen LogP contribution is 2.27. The number of hydrogen-bond donors (Lipinski definition) is 0. The second-order valence-electron chi connectivity index (χ2n) is 3.77. The highest BCUT2D eigenvalue weighted by atomic mass is 79.9. The van der Waals surface area contributed by atoms with E-state index in [1.165, 1.54) is 12.8 Å². The monoisotopic (exact) mass is 220 g/mol. The Balaban J connectivity index is 2.29. The summed E-state index contributed by atoms with van der Waals surface area (Å²) in [4.78, 5) is 0.693. The van der Waals surface area contributed by atoms with Crippen LogP contribution in [0.5, 0.6) is 0 Å². The molecular weight excluding hydrogens is 204 g/mol. The molecule has 0 N–H and O–H groups in total. The Hall–Kier alpha value is 0.440. The van der Waals surface area contributed by atoms with Crippen molar-refractivity contribution < 1.29 is 4.74 Å². The van der Waals surface area contributed by atoms with Gasteiger partial charge in [0, 0.05) is 11.4 Å². The summed E-state index contributed by atoms with van der Waals surface area (Å²) in [5.74, 6) is 1.53. The standard InChI is InChI=1S/C9H17BrO/c1-7(2)5-8-6-11-4-3-9(8)10/h7-9H,3-6H2,1-2H3. The van der Waals surface area contributed by atoms with E-state index in [0.717, 1.165) is 25.0 Å². The summed E-state index contributed by atoms with van der Waals surface area (Å²) in [5.41, 5.74) is 0. The number of ether oxygens (including phenoxy) is 1. The lowest BCUT2D eigenvalue weighted by atomic mass is 9.92. The molecule has 0 aromatic carbocycles. The fourth-order valence-corrected chi connectivity index (χ4v) is 2.15. The summed E-state index contributed by atoms with van der Waals surface area (Å²) in [7, 11) is 0. The van der Waals surface area contributed by atoms with Crippen LogP contribution in [0.25, 0.3) is 0 Å². The van der Waals surface area contributed by atoms with Gasteiger partial charge in [-0.2, -0.15) is 0 Å². The van der Waals surface area contributed by atoms with E-state index in [9.17, 15) is 0 Å². The van der Waals surface area contributed by atoms with Crippen molar-refractivity contribution in [2.45, 2.75) is 31.5 Å². The minimum absolute atomic E-state index is 0.693. The van der Waals surface area contributed by atoms with Gasteiger partial charge in [-0.1, -0.05) is 29.8 Å². The van der Waals surface area contributed by atoms with E-state index in [1.807, 2.05) is 0 Å². The third-order valence-electron chi connectivity index (χ3n) is 2.16. The predicted molar refractivity (Wildman–Crippen MR) is 51.1 cm³/mol. The van der Waals surface area contributed by atoms with Crippen molar-refractivity contribution in [2.24, 2.45) is 11.8 Å². The molecule has 66 valence electrons. The van der Waals surface area contributed by atoms with Gasteiger partial charge in [-0.25, -0.2) is 0 Å². The number of halogens is 1. The molecule has 1 aliphatic rings. The maximum absolute atomic E-state index is 5.42. The van der Waals surface area contributed by atoms with Crippen LogP contribution in [-0.4, -0.2) is 18.0 Å². The van der Waals surface area contributed by atoms with Crippen LogP contribution in [0.3, 0.4) is 0 Å². The second-order valence-corrected chi connectivity index (χ2v) is 4.95. The van der Waals surface area contributed by atoms with E-state index in [4.69, 9.17) is 4.74 Å². The van der Waals surface area contributed by atoms with Crippen molar-refractivity contribution in [2.75, 3.05) is 13.2 Å². The van der Waals surface area contributed by atoms with Gasteiger partial charge in [0.2, 0.25) is 0 Å². The van der Waals surface area contributed by atoms with Crippen LogP contribution in [0, 0.1) is 11.8 Å². The smallest absolute Gasteiger partial charge is 0.0505 e. The summed E-state index contributed by atoms with van der Waals surface area (Å²) < 4.78 is 5.42. The average Bonchev–Trinajstić information content (AvgIpc) is 1.93. The highest BCUT2D eigenvalue weighted by Gasteiger charge is 2.23. The van der Waals surface area contributed by atoms with Gasteiger partial charge >= 0.3 is 0 Å². The molecule has 1 nitrogen and oxygen atoms in total. The second kappa shape index (κ2) is 4.46. The van der Waals surface area contributed by atoms with Crippen molar-refractivity contribution in [3.63, 3.8) is 0 Å². The quantitative estimate of drug-likeness (QED) is 0.651. The lowest BCUT2D eigenvalue weighted by Crippen LogP contribution is -2.28. The first-order chi connectivity index (χ1) is 5.20. The Morgan fingerprint density at radius 3 is 2.82 bits per heavy atom. The fraction of sp³-hybridized carbons (Fsp3) is 1.00. The molecule has 0 aliphatic carbocycles. The molecule has 0 spiro atoms. The third-order valence-corrected chi connectivity index (χ3v) is 3.36.